The molecule has 1 unspecified atom stereocenters. The van der Waals surface area contributed by atoms with Crippen LogP contribution in [0.5, 0.6) is 5.75 Å². The van der Waals surface area contributed by atoms with Crippen molar-refractivity contribution in [3.8, 4) is 5.75 Å². The Hall–Kier alpha value is -1.36. The summed E-state index contributed by atoms with van der Waals surface area (Å²) in [5, 5.41) is 1.12. The van der Waals surface area contributed by atoms with Gasteiger partial charge in [-0.2, -0.15) is 0 Å². The van der Waals surface area contributed by atoms with Crippen LogP contribution in [0.2, 0.25) is 10.0 Å². The lowest BCUT2D eigenvalue weighted by Crippen LogP contribution is -2.28. The molecule has 1 fully saturated rings. The standard InChI is InChI=1S/C16H13Cl2NO2S/c1-21-14-7-6-12(18)8-13(14)19-15(20)9-22-16(19)10-2-4-11(17)5-3-10/h2-8,16H,9H2,1H3. The highest BCUT2D eigenvalue weighted by Gasteiger charge is 2.35. The van der Waals surface area contributed by atoms with Gasteiger partial charge in [0.05, 0.1) is 18.6 Å². The Labute approximate surface area is 143 Å². The number of halogens is 2. The molecule has 2 aromatic rings. The van der Waals surface area contributed by atoms with Crippen molar-refractivity contribution in [3.05, 3.63) is 58.1 Å². The lowest BCUT2D eigenvalue weighted by Gasteiger charge is -2.26. The average molecular weight is 354 g/mol. The summed E-state index contributed by atoms with van der Waals surface area (Å²) >= 11 is 13.6. The molecule has 0 N–H and O–H groups in total. The van der Waals surface area contributed by atoms with E-state index in [1.165, 1.54) is 0 Å². The van der Waals surface area contributed by atoms with Crippen molar-refractivity contribution >= 4 is 46.6 Å². The van der Waals surface area contributed by atoms with Gasteiger partial charge in [-0.25, -0.2) is 0 Å². The van der Waals surface area contributed by atoms with Crippen LogP contribution in [0.25, 0.3) is 0 Å². The number of benzene rings is 2. The molecule has 1 aliphatic heterocycles. The molecular formula is C16H13Cl2NO2S. The third kappa shape index (κ3) is 2.91. The number of carbonyl (C=O) groups excluding carboxylic acids is 1. The number of hydrogen-bond acceptors (Lipinski definition) is 3. The highest BCUT2D eigenvalue weighted by Crippen LogP contribution is 2.45. The van der Waals surface area contributed by atoms with Gasteiger partial charge in [-0.3, -0.25) is 9.69 Å². The molecule has 1 heterocycles. The predicted octanol–water partition coefficient (Wildman–Crippen LogP) is 4.78. The van der Waals surface area contributed by atoms with Gasteiger partial charge >= 0.3 is 0 Å². The summed E-state index contributed by atoms with van der Waals surface area (Å²) in [7, 11) is 1.58. The minimum absolute atomic E-state index is 0.0329. The van der Waals surface area contributed by atoms with Gasteiger partial charge in [0, 0.05) is 10.0 Å². The van der Waals surface area contributed by atoms with Crippen molar-refractivity contribution in [1.82, 2.24) is 0 Å². The Morgan fingerprint density at radius 1 is 1.14 bits per heavy atom. The molecule has 0 aliphatic carbocycles. The summed E-state index contributed by atoms with van der Waals surface area (Å²) in [6.45, 7) is 0. The first-order valence-electron chi connectivity index (χ1n) is 6.63. The first-order valence-corrected chi connectivity index (χ1v) is 8.43. The van der Waals surface area contributed by atoms with E-state index in [9.17, 15) is 4.79 Å². The summed E-state index contributed by atoms with van der Waals surface area (Å²) in [6, 6.07) is 12.8. The molecule has 114 valence electrons. The topological polar surface area (TPSA) is 29.5 Å². The molecular weight excluding hydrogens is 341 g/mol. The highest BCUT2D eigenvalue weighted by molar-refractivity contribution is 8.00. The monoisotopic (exact) mass is 353 g/mol. The van der Waals surface area contributed by atoms with E-state index in [0.717, 1.165) is 5.56 Å². The number of hydrogen-bond donors (Lipinski definition) is 0. The fourth-order valence-corrected chi connectivity index (χ4v) is 3.87. The van der Waals surface area contributed by atoms with Crippen LogP contribution in [0, 0.1) is 0 Å². The van der Waals surface area contributed by atoms with Crippen LogP contribution in [0.1, 0.15) is 10.9 Å². The maximum atomic E-state index is 12.4. The first-order chi connectivity index (χ1) is 10.6. The van der Waals surface area contributed by atoms with Gasteiger partial charge in [0.25, 0.3) is 0 Å². The number of rotatable bonds is 3. The number of carbonyl (C=O) groups is 1. The zero-order valence-corrected chi connectivity index (χ0v) is 14.1. The minimum atomic E-state index is -0.114. The summed E-state index contributed by atoms with van der Waals surface area (Å²) in [4.78, 5) is 14.1. The third-order valence-electron chi connectivity index (χ3n) is 3.42. The molecule has 22 heavy (non-hydrogen) atoms. The second kappa shape index (κ2) is 6.41. The van der Waals surface area contributed by atoms with E-state index >= 15 is 0 Å². The van der Waals surface area contributed by atoms with Gasteiger partial charge < -0.3 is 4.74 Å². The third-order valence-corrected chi connectivity index (χ3v) is 5.12. The zero-order chi connectivity index (χ0) is 15.7. The fourth-order valence-electron chi connectivity index (χ4n) is 2.41. The summed E-state index contributed by atoms with van der Waals surface area (Å²) < 4.78 is 5.38. The Morgan fingerprint density at radius 2 is 1.82 bits per heavy atom. The highest BCUT2D eigenvalue weighted by atomic mass is 35.5. The smallest absolute Gasteiger partial charge is 0.238 e. The van der Waals surface area contributed by atoms with E-state index in [0.29, 0.717) is 27.2 Å². The van der Waals surface area contributed by atoms with E-state index in [4.69, 9.17) is 27.9 Å². The van der Waals surface area contributed by atoms with Gasteiger partial charge in [0.15, 0.2) is 0 Å². The summed E-state index contributed by atoms with van der Waals surface area (Å²) in [6.07, 6.45) is 0. The number of nitrogens with zero attached hydrogens (tertiary/aromatic N) is 1. The summed E-state index contributed by atoms with van der Waals surface area (Å²) in [5.41, 5.74) is 1.70. The molecule has 2 aromatic carbocycles. The van der Waals surface area contributed by atoms with Gasteiger partial charge in [-0.05, 0) is 35.9 Å². The van der Waals surface area contributed by atoms with E-state index in [-0.39, 0.29) is 11.3 Å². The molecule has 1 atom stereocenters. The molecule has 0 spiro atoms. The second-order valence-corrected chi connectivity index (χ2v) is 6.74. The van der Waals surface area contributed by atoms with E-state index in [1.54, 1.807) is 42.0 Å². The van der Waals surface area contributed by atoms with Crippen molar-refractivity contribution in [3.63, 3.8) is 0 Å². The Bertz CT molecular complexity index is 706. The molecule has 0 radical (unpaired) electrons. The SMILES string of the molecule is COc1ccc(Cl)cc1N1C(=O)CSC1c1ccc(Cl)cc1. The van der Waals surface area contributed by atoms with Gasteiger partial charge in [-0.1, -0.05) is 35.3 Å². The number of ether oxygens (including phenoxy) is 1. The van der Waals surface area contributed by atoms with Crippen LogP contribution in [0.4, 0.5) is 5.69 Å². The first kappa shape index (κ1) is 15.5. The lowest BCUT2D eigenvalue weighted by molar-refractivity contribution is -0.115. The Balaban J connectivity index is 2.05. The van der Waals surface area contributed by atoms with E-state index in [2.05, 4.69) is 0 Å². The predicted molar refractivity (Wildman–Crippen MR) is 92.1 cm³/mol. The van der Waals surface area contributed by atoms with Crippen LogP contribution in [0.3, 0.4) is 0 Å². The van der Waals surface area contributed by atoms with Crippen LogP contribution < -0.4 is 9.64 Å². The maximum absolute atomic E-state index is 12.4. The molecule has 0 saturated carbocycles. The normalized spacial score (nSPS) is 17.9. The molecule has 6 heteroatoms. The molecule has 3 rings (SSSR count). The number of thioether (sulfide) groups is 1. The van der Waals surface area contributed by atoms with Crippen molar-refractivity contribution in [2.24, 2.45) is 0 Å². The molecule has 0 bridgehead atoms. The van der Waals surface area contributed by atoms with Crippen molar-refractivity contribution in [2.75, 3.05) is 17.8 Å². The molecule has 1 aliphatic rings. The van der Waals surface area contributed by atoms with E-state index in [1.807, 2.05) is 24.3 Å². The average Bonchev–Trinajstić information content (AvgIpc) is 2.89. The number of amides is 1. The van der Waals surface area contributed by atoms with Gasteiger partial charge in [0.1, 0.15) is 11.1 Å². The molecule has 1 saturated heterocycles. The van der Waals surface area contributed by atoms with Crippen LogP contribution in [-0.4, -0.2) is 18.8 Å². The van der Waals surface area contributed by atoms with Gasteiger partial charge in [0.2, 0.25) is 5.91 Å². The number of anilines is 1. The zero-order valence-electron chi connectivity index (χ0n) is 11.8. The Kier molecular flexibility index (Phi) is 4.52. The van der Waals surface area contributed by atoms with E-state index < -0.39 is 0 Å². The Morgan fingerprint density at radius 3 is 2.50 bits per heavy atom. The van der Waals surface area contributed by atoms with Crippen molar-refractivity contribution in [2.45, 2.75) is 5.37 Å². The van der Waals surface area contributed by atoms with Crippen LogP contribution in [-0.2, 0) is 4.79 Å². The number of methoxy groups -OCH3 is 1. The fraction of sp³-hybridized carbons (Fsp3) is 0.188. The quantitative estimate of drug-likeness (QED) is 0.794. The summed E-state index contributed by atoms with van der Waals surface area (Å²) in [5.74, 6) is 1.08. The second-order valence-electron chi connectivity index (χ2n) is 4.79. The van der Waals surface area contributed by atoms with Gasteiger partial charge in [-0.15, -0.1) is 11.8 Å². The van der Waals surface area contributed by atoms with Crippen molar-refractivity contribution < 1.29 is 9.53 Å². The molecule has 1 amide bonds. The largest absolute Gasteiger partial charge is 0.495 e. The van der Waals surface area contributed by atoms with Crippen molar-refractivity contribution in [1.29, 1.82) is 0 Å². The minimum Gasteiger partial charge on any atom is -0.495 e. The molecule has 3 nitrogen and oxygen atoms in total. The molecule has 0 aromatic heterocycles. The lowest BCUT2D eigenvalue weighted by atomic mass is 10.2. The maximum Gasteiger partial charge on any atom is 0.238 e. The van der Waals surface area contributed by atoms with Crippen LogP contribution >= 0.6 is 35.0 Å². The van der Waals surface area contributed by atoms with Crippen LogP contribution in [0.15, 0.2) is 42.5 Å².